The maximum absolute atomic E-state index is 6.01. The normalized spacial score (nSPS) is 11.0. The number of nitrogens with one attached hydrogen (secondary N) is 1. The molecule has 1 aromatic heterocycles. The highest BCUT2D eigenvalue weighted by atomic mass is 35.5. The highest BCUT2D eigenvalue weighted by Crippen LogP contribution is 2.22. The van der Waals surface area contributed by atoms with Crippen molar-refractivity contribution in [1.82, 2.24) is 9.55 Å². The lowest BCUT2D eigenvalue weighted by molar-refractivity contribution is 0.822. The van der Waals surface area contributed by atoms with Gasteiger partial charge in [-0.2, -0.15) is 0 Å². The zero-order valence-electron chi connectivity index (χ0n) is 14.0. The van der Waals surface area contributed by atoms with E-state index in [0.29, 0.717) is 6.54 Å². The van der Waals surface area contributed by atoms with Crippen LogP contribution in [0.15, 0.2) is 72.8 Å². The molecule has 3 nitrogen and oxygen atoms in total. The third kappa shape index (κ3) is 3.69. The molecule has 1 N–H and O–H groups in total. The molecule has 0 atom stereocenters. The van der Waals surface area contributed by atoms with Crippen LogP contribution >= 0.6 is 23.2 Å². The quantitative estimate of drug-likeness (QED) is 0.459. The molecule has 4 rings (SSSR count). The molecule has 3 aromatic carbocycles. The summed E-state index contributed by atoms with van der Waals surface area (Å²) in [5, 5.41) is 4.93. The summed E-state index contributed by atoms with van der Waals surface area (Å²) in [4.78, 5) is 4.76. The Morgan fingerprint density at radius 1 is 0.769 bits per heavy atom. The number of benzene rings is 3. The van der Waals surface area contributed by atoms with E-state index in [1.807, 2.05) is 66.7 Å². The number of fused-ring (bicyclic) bond motifs is 1. The number of nitrogens with zero attached hydrogens (tertiary/aromatic N) is 2. The highest BCUT2D eigenvalue weighted by molar-refractivity contribution is 6.30. The fraction of sp³-hybridized carbons (Fsp3) is 0.0952. The summed E-state index contributed by atoms with van der Waals surface area (Å²) in [6.45, 7) is 1.40. The van der Waals surface area contributed by atoms with E-state index in [1.165, 1.54) is 5.56 Å². The molecule has 1 heterocycles. The number of hydrogen-bond donors (Lipinski definition) is 1. The Bertz CT molecular complexity index is 1020. The van der Waals surface area contributed by atoms with E-state index >= 15 is 0 Å². The smallest absolute Gasteiger partial charge is 0.204 e. The molecule has 0 saturated carbocycles. The second kappa shape index (κ2) is 7.40. The van der Waals surface area contributed by atoms with E-state index in [0.717, 1.165) is 39.1 Å². The fourth-order valence-electron chi connectivity index (χ4n) is 2.93. The summed E-state index contributed by atoms with van der Waals surface area (Å²) >= 11 is 12.0. The average molecular weight is 382 g/mol. The van der Waals surface area contributed by atoms with Crippen LogP contribution in [0.5, 0.6) is 0 Å². The summed E-state index contributed by atoms with van der Waals surface area (Å²) in [5.41, 5.74) is 4.40. The predicted octanol–water partition coefficient (Wildman–Crippen LogP) is 6.00. The molecule has 0 fully saturated rings. The number of imidazole rings is 1. The van der Waals surface area contributed by atoms with Crippen molar-refractivity contribution in [3.05, 3.63) is 94.0 Å². The van der Waals surface area contributed by atoms with Crippen molar-refractivity contribution in [1.29, 1.82) is 0 Å². The first-order chi connectivity index (χ1) is 12.7. The van der Waals surface area contributed by atoms with Crippen LogP contribution in [0, 0.1) is 0 Å². The molecule has 0 aliphatic heterocycles. The lowest BCUT2D eigenvalue weighted by atomic mass is 10.2. The molecule has 0 radical (unpaired) electrons. The van der Waals surface area contributed by atoms with Gasteiger partial charge < -0.3 is 9.88 Å². The predicted molar refractivity (Wildman–Crippen MR) is 109 cm³/mol. The van der Waals surface area contributed by atoms with Crippen LogP contribution in [0.1, 0.15) is 11.1 Å². The molecule has 4 aromatic rings. The van der Waals surface area contributed by atoms with Gasteiger partial charge in [0.15, 0.2) is 0 Å². The first-order valence-electron chi connectivity index (χ1n) is 8.37. The van der Waals surface area contributed by atoms with Crippen LogP contribution in [0.3, 0.4) is 0 Å². The SMILES string of the molecule is Clc1ccc(CNc2nc3ccccc3n2Cc2ccc(Cl)cc2)cc1. The molecular weight excluding hydrogens is 365 g/mol. The Balaban J connectivity index is 1.64. The minimum Gasteiger partial charge on any atom is -0.352 e. The molecule has 0 bridgehead atoms. The third-order valence-corrected chi connectivity index (χ3v) is 4.78. The van der Waals surface area contributed by atoms with E-state index in [9.17, 15) is 0 Å². The van der Waals surface area contributed by atoms with Gasteiger partial charge in [-0.05, 0) is 47.5 Å². The Morgan fingerprint density at radius 2 is 1.38 bits per heavy atom. The molecule has 0 aliphatic rings. The average Bonchev–Trinajstić information content (AvgIpc) is 3.01. The first kappa shape index (κ1) is 17.0. The van der Waals surface area contributed by atoms with E-state index in [-0.39, 0.29) is 0 Å². The van der Waals surface area contributed by atoms with Crippen molar-refractivity contribution in [2.45, 2.75) is 13.1 Å². The van der Waals surface area contributed by atoms with Gasteiger partial charge in [0.25, 0.3) is 0 Å². The lowest BCUT2D eigenvalue weighted by Crippen LogP contribution is -2.08. The first-order valence-corrected chi connectivity index (χ1v) is 9.13. The largest absolute Gasteiger partial charge is 0.352 e. The maximum Gasteiger partial charge on any atom is 0.204 e. The van der Waals surface area contributed by atoms with Crippen LogP contribution in [0.2, 0.25) is 10.0 Å². The second-order valence-corrected chi connectivity index (χ2v) is 6.99. The summed E-state index contributed by atoms with van der Waals surface area (Å²) in [7, 11) is 0. The number of para-hydroxylation sites is 2. The topological polar surface area (TPSA) is 29.9 Å². The molecule has 0 saturated heterocycles. The Labute approximate surface area is 162 Å². The molecule has 130 valence electrons. The molecule has 0 unspecified atom stereocenters. The van der Waals surface area contributed by atoms with Crippen LogP contribution < -0.4 is 5.32 Å². The van der Waals surface area contributed by atoms with Gasteiger partial charge in [0.2, 0.25) is 5.95 Å². The summed E-state index contributed by atoms with van der Waals surface area (Å²) in [6.07, 6.45) is 0. The standard InChI is InChI=1S/C21H17Cl2N3/c22-17-9-5-15(6-10-17)13-24-21-25-19-3-1-2-4-20(19)26(21)14-16-7-11-18(23)12-8-16/h1-12H,13-14H2,(H,24,25). The van der Waals surface area contributed by atoms with Crippen molar-refractivity contribution >= 4 is 40.2 Å². The fourth-order valence-corrected chi connectivity index (χ4v) is 3.18. The Kier molecular flexibility index (Phi) is 4.83. The van der Waals surface area contributed by atoms with Crippen molar-refractivity contribution in [2.75, 3.05) is 5.32 Å². The van der Waals surface area contributed by atoms with Gasteiger partial charge in [-0.25, -0.2) is 4.98 Å². The zero-order chi connectivity index (χ0) is 17.9. The van der Waals surface area contributed by atoms with Gasteiger partial charge in [-0.3, -0.25) is 0 Å². The molecule has 0 aliphatic carbocycles. The number of hydrogen-bond acceptors (Lipinski definition) is 2. The molecule has 0 spiro atoms. The molecule has 26 heavy (non-hydrogen) atoms. The number of aromatic nitrogens is 2. The van der Waals surface area contributed by atoms with E-state index < -0.39 is 0 Å². The van der Waals surface area contributed by atoms with Crippen LogP contribution in [0.25, 0.3) is 11.0 Å². The molecule has 0 amide bonds. The lowest BCUT2D eigenvalue weighted by Gasteiger charge is -2.11. The maximum atomic E-state index is 6.01. The van der Waals surface area contributed by atoms with E-state index in [1.54, 1.807) is 0 Å². The van der Waals surface area contributed by atoms with E-state index in [2.05, 4.69) is 16.0 Å². The monoisotopic (exact) mass is 381 g/mol. The summed E-state index contributed by atoms with van der Waals surface area (Å²) in [5.74, 6) is 0.844. The van der Waals surface area contributed by atoms with Crippen LogP contribution in [-0.2, 0) is 13.1 Å². The molecule has 5 heteroatoms. The number of halogens is 2. The zero-order valence-corrected chi connectivity index (χ0v) is 15.5. The van der Waals surface area contributed by atoms with Gasteiger partial charge in [0.1, 0.15) is 0 Å². The third-order valence-electron chi connectivity index (χ3n) is 4.27. The van der Waals surface area contributed by atoms with Gasteiger partial charge >= 0.3 is 0 Å². The minimum absolute atomic E-state index is 0.682. The van der Waals surface area contributed by atoms with Gasteiger partial charge in [-0.15, -0.1) is 0 Å². The number of rotatable bonds is 5. The van der Waals surface area contributed by atoms with E-state index in [4.69, 9.17) is 28.2 Å². The van der Waals surface area contributed by atoms with Gasteiger partial charge in [0, 0.05) is 16.6 Å². The van der Waals surface area contributed by atoms with Crippen LogP contribution in [0.4, 0.5) is 5.95 Å². The Morgan fingerprint density at radius 3 is 2.08 bits per heavy atom. The minimum atomic E-state index is 0.682. The van der Waals surface area contributed by atoms with Crippen molar-refractivity contribution in [3.8, 4) is 0 Å². The highest BCUT2D eigenvalue weighted by Gasteiger charge is 2.11. The number of anilines is 1. The summed E-state index contributed by atoms with van der Waals surface area (Å²) < 4.78 is 2.19. The Hall–Kier alpha value is -2.49. The van der Waals surface area contributed by atoms with Gasteiger partial charge in [0.05, 0.1) is 17.6 Å². The second-order valence-electron chi connectivity index (χ2n) is 6.12. The van der Waals surface area contributed by atoms with Crippen LogP contribution in [-0.4, -0.2) is 9.55 Å². The summed E-state index contributed by atoms with van der Waals surface area (Å²) in [6, 6.07) is 23.9. The molecular formula is C21H17Cl2N3. The van der Waals surface area contributed by atoms with Crippen molar-refractivity contribution in [2.24, 2.45) is 0 Å². The van der Waals surface area contributed by atoms with Crippen molar-refractivity contribution < 1.29 is 0 Å². The van der Waals surface area contributed by atoms with Gasteiger partial charge in [-0.1, -0.05) is 59.6 Å². The van der Waals surface area contributed by atoms with Crippen molar-refractivity contribution in [3.63, 3.8) is 0 Å².